The van der Waals surface area contributed by atoms with Gasteiger partial charge in [0.1, 0.15) is 0 Å². The molecule has 2 rings (SSSR count). The van der Waals surface area contributed by atoms with E-state index in [4.69, 9.17) is 0 Å². The number of amides is 1. The van der Waals surface area contributed by atoms with Crippen LogP contribution in [0.4, 0.5) is 5.13 Å². The molecule has 6 heteroatoms. The lowest BCUT2D eigenvalue weighted by Gasteiger charge is -2.05. The number of nitrogens with one attached hydrogen (secondary N) is 3. The number of aromatic amines is 1. The number of anilines is 1. The van der Waals surface area contributed by atoms with Crippen LogP contribution >= 0.6 is 11.3 Å². The summed E-state index contributed by atoms with van der Waals surface area (Å²) in [5.41, 5.74) is 2.66. The zero-order valence-electron chi connectivity index (χ0n) is 10.4. The molecule has 2 aromatic heterocycles. The number of carbonyl (C=O) groups is 1. The maximum Gasteiger partial charge on any atom is 0.253 e. The Morgan fingerprint density at radius 1 is 1.39 bits per heavy atom. The van der Waals surface area contributed by atoms with Crippen molar-refractivity contribution in [2.24, 2.45) is 0 Å². The maximum atomic E-state index is 11.8. The molecule has 0 aliphatic carbocycles. The van der Waals surface area contributed by atoms with Gasteiger partial charge >= 0.3 is 0 Å². The van der Waals surface area contributed by atoms with Gasteiger partial charge in [0.2, 0.25) is 0 Å². The summed E-state index contributed by atoms with van der Waals surface area (Å²) >= 11 is 1.57. The first-order valence-corrected chi connectivity index (χ1v) is 6.62. The van der Waals surface area contributed by atoms with E-state index in [9.17, 15) is 4.79 Å². The number of aromatic nitrogens is 2. The molecular weight excluding hydrogens is 248 g/mol. The zero-order chi connectivity index (χ0) is 13.0. The van der Waals surface area contributed by atoms with Crippen LogP contribution < -0.4 is 10.6 Å². The summed E-state index contributed by atoms with van der Waals surface area (Å²) in [5, 5.41) is 8.90. The van der Waals surface area contributed by atoms with Crippen LogP contribution in [0.1, 0.15) is 21.6 Å². The molecule has 0 radical (unpaired) electrons. The molecule has 18 heavy (non-hydrogen) atoms. The van der Waals surface area contributed by atoms with Crippen LogP contribution in [0.5, 0.6) is 0 Å². The number of rotatable bonds is 5. The second-order valence-electron chi connectivity index (χ2n) is 4.03. The summed E-state index contributed by atoms with van der Waals surface area (Å²) in [5.74, 6) is -0.0501. The van der Waals surface area contributed by atoms with Crippen molar-refractivity contribution in [3.63, 3.8) is 0 Å². The Balaban J connectivity index is 1.73. The van der Waals surface area contributed by atoms with Crippen LogP contribution in [0.25, 0.3) is 0 Å². The van der Waals surface area contributed by atoms with Gasteiger partial charge in [0.25, 0.3) is 5.91 Å². The topological polar surface area (TPSA) is 69.8 Å². The SMILES string of the molecule is Cc1csc(NCCNC(=O)c2c[nH]cc2C)n1. The molecule has 1 amide bonds. The highest BCUT2D eigenvalue weighted by Crippen LogP contribution is 2.13. The summed E-state index contributed by atoms with van der Waals surface area (Å²) in [7, 11) is 0. The van der Waals surface area contributed by atoms with Gasteiger partial charge in [-0.1, -0.05) is 0 Å². The van der Waals surface area contributed by atoms with Crippen molar-refractivity contribution in [2.75, 3.05) is 18.4 Å². The minimum absolute atomic E-state index is 0.0501. The lowest BCUT2D eigenvalue weighted by Crippen LogP contribution is -2.28. The molecule has 0 saturated carbocycles. The van der Waals surface area contributed by atoms with E-state index in [2.05, 4.69) is 20.6 Å². The summed E-state index contributed by atoms with van der Waals surface area (Å²) in [6, 6.07) is 0. The molecule has 0 fully saturated rings. The fourth-order valence-corrected chi connectivity index (χ4v) is 2.28. The van der Waals surface area contributed by atoms with Gasteiger partial charge in [0.15, 0.2) is 5.13 Å². The smallest absolute Gasteiger partial charge is 0.253 e. The molecule has 0 aromatic carbocycles. The third kappa shape index (κ3) is 3.10. The van der Waals surface area contributed by atoms with E-state index in [1.165, 1.54) is 0 Å². The summed E-state index contributed by atoms with van der Waals surface area (Å²) in [6.07, 6.45) is 3.52. The average molecular weight is 264 g/mol. The van der Waals surface area contributed by atoms with E-state index in [1.54, 1.807) is 17.5 Å². The van der Waals surface area contributed by atoms with Crippen LogP contribution in [-0.2, 0) is 0 Å². The first-order chi connectivity index (χ1) is 8.66. The first kappa shape index (κ1) is 12.6. The first-order valence-electron chi connectivity index (χ1n) is 5.74. The summed E-state index contributed by atoms with van der Waals surface area (Å²) < 4.78 is 0. The van der Waals surface area contributed by atoms with E-state index in [0.29, 0.717) is 18.7 Å². The fraction of sp³-hybridized carbons (Fsp3) is 0.333. The predicted molar refractivity (Wildman–Crippen MR) is 73.2 cm³/mol. The number of carbonyl (C=O) groups excluding carboxylic acids is 1. The van der Waals surface area contributed by atoms with Gasteiger partial charge in [-0.25, -0.2) is 4.98 Å². The largest absolute Gasteiger partial charge is 0.367 e. The molecule has 0 spiro atoms. The van der Waals surface area contributed by atoms with E-state index in [0.717, 1.165) is 16.4 Å². The Hall–Kier alpha value is -1.82. The number of hydrogen-bond acceptors (Lipinski definition) is 4. The minimum atomic E-state index is -0.0501. The van der Waals surface area contributed by atoms with Gasteiger partial charge in [-0.15, -0.1) is 11.3 Å². The molecule has 0 aliphatic rings. The van der Waals surface area contributed by atoms with Gasteiger partial charge in [-0.3, -0.25) is 4.79 Å². The quantitative estimate of drug-likeness (QED) is 0.723. The van der Waals surface area contributed by atoms with Gasteiger partial charge in [0.05, 0.1) is 11.3 Å². The van der Waals surface area contributed by atoms with E-state index >= 15 is 0 Å². The number of thiazole rings is 1. The zero-order valence-corrected chi connectivity index (χ0v) is 11.2. The second-order valence-corrected chi connectivity index (χ2v) is 4.89. The van der Waals surface area contributed by atoms with Crippen molar-refractivity contribution in [3.05, 3.63) is 34.6 Å². The third-order valence-corrected chi connectivity index (χ3v) is 3.42. The maximum absolute atomic E-state index is 11.8. The highest BCUT2D eigenvalue weighted by Gasteiger charge is 2.08. The van der Waals surface area contributed by atoms with Crippen molar-refractivity contribution >= 4 is 22.4 Å². The van der Waals surface area contributed by atoms with Gasteiger partial charge in [0, 0.05) is 30.9 Å². The summed E-state index contributed by atoms with van der Waals surface area (Å²) in [4.78, 5) is 19.0. The van der Waals surface area contributed by atoms with Crippen LogP contribution in [0.15, 0.2) is 17.8 Å². The molecule has 2 aromatic rings. The average Bonchev–Trinajstić information content (AvgIpc) is 2.93. The Morgan fingerprint density at radius 2 is 2.22 bits per heavy atom. The number of aryl methyl sites for hydroxylation is 2. The molecule has 96 valence electrons. The Bertz CT molecular complexity index is 532. The van der Waals surface area contributed by atoms with E-state index in [1.807, 2.05) is 25.4 Å². The third-order valence-electron chi connectivity index (χ3n) is 2.50. The van der Waals surface area contributed by atoms with Crippen LogP contribution in [-0.4, -0.2) is 29.0 Å². The van der Waals surface area contributed by atoms with Crippen LogP contribution in [0, 0.1) is 13.8 Å². The van der Waals surface area contributed by atoms with Crippen molar-refractivity contribution in [1.82, 2.24) is 15.3 Å². The van der Waals surface area contributed by atoms with Gasteiger partial charge in [-0.2, -0.15) is 0 Å². The van der Waals surface area contributed by atoms with E-state index < -0.39 is 0 Å². The van der Waals surface area contributed by atoms with Gasteiger partial charge in [-0.05, 0) is 19.4 Å². The van der Waals surface area contributed by atoms with Crippen molar-refractivity contribution in [1.29, 1.82) is 0 Å². The fourth-order valence-electron chi connectivity index (χ4n) is 1.56. The van der Waals surface area contributed by atoms with Crippen molar-refractivity contribution in [3.8, 4) is 0 Å². The Kier molecular flexibility index (Phi) is 3.99. The van der Waals surface area contributed by atoms with Crippen molar-refractivity contribution < 1.29 is 4.79 Å². The normalized spacial score (nSPS) is 10.3. The highest BCUT2D eigenvalue weighted by atomic mass is 32.1. The molecule has 2 heterocycles. The number of nitrogens with zero attached hydrogens (tertiary/aromatic N) is 1. The molecule has 0 saturated heterocycles. The lowest BCUT2D eigenvalue weighted by molar-refractivity contribution is 0.0955. The molecule has 0 aliphatic heterocycles. The second kappa shape index (κ2) is 5.68. The van der Waals surface area contributed by atoms with Crippen molar-refractivity contribution in [2.45, 2.75) is 13.8 Å². The number of hydrogen-bond donors (Lipinski definition) is 3. The Morgan fingerprint density at radius 3 is 2.83 bits per heavy atom. The van der Waals surface area contributed by atoms with Crippen LogP contribution in [0.2, 0.25) is 0 Å². The minimum Gasteiger partial charge on any atom is -0.367 e. The Labute approximate surface area is 110 Å². The number of H-pyrrole nitrogens is 1. The lowest BCUT2D eigenvalue weighted by atomic mass is 10.2. The van der Waals surface area contributed by atoms with Crippen LogP contribution in [0.3, 0.4) is 0 Å². The molecule has 0 atom stereocenters. The summed E-state index contributed by atoms with van der Waals surface area (Å²) in [6.45, 7) is 5.10. The van der Waals surface area contributed by atoms with E-state index in [-0.39, 0.29) is 5.91 Å². The molecule has 0 unspecified atom stereocenters. The molecule has 0 bridgehead atoms. The predicted octanol–water partition coefficient (Wildman–Crippen LogP) is 1.93. The molecular formula is C12H16N4OS. The monoisotopic (exact) mass is 264 g/mol. The molecule has 5 nitrogen and oxygen atoms in total. The van der Waals surface area contributed by atoms with Gasteiger partial charge < -0.3 is 15.6 Å². The standard InChI is InChI=1S/C12H16N4OS/c1-8-5-13-6-10(8)11(17)14-3-4-15-12-16-9(2)7-18-12/h5-7,13H,3-4H2,1-2H3,(H,14,17)(H,15,16). The highest BCUT2D eigenvalue weighted by molar-refractivity contribution is 7.13. The molecule has 3 N–H and O–H groups in total.